The molecule has 3 aromatic rings. The van der Waals surface area contributed by atoms with Gasteiger partial charge in [0.05, 0.1) is 19.4 Å². The largest absolute Gasteiger partial charge is 0.485 e. The second-order valence-electron chi connectivity index (χ2n) is 5.92. The standard InChI is InChI=1S/C22H20NO4P/c1-26-21(24)14-17-27-22(18-12-15-23-16-13-18)28(25,19-8-4-2-5-9-19)20-10-6-3-7-11-20/h2-17,22H,1H3/b17-14+. The first-order valence-corrected chi connectivity index (χ1v) is 10.4. The molecule has 2 aromatic carbocycles. The first-order chi connectivity index (χ1) is 13.7. The van der Waals surface area contributed by atoms with Crippen LogP contribution in [0.4, 0.5) is 0 Å². The summed E-state index contributed by atoms with van der Waals surface area (Å²) in [6.45, 7) is 0. The highest BCUT2D eigenvalue weighted by molar-refractivity contribution is 7.78. The zero-order valence-electron chi connectivity index (χ0n) is 15.3. The summed E-state index contributed by atoms with van der Waals surface area (Å²) in [6.07, 6.45) is 5.63. The molecular formula is C22H20NO4P. The molecule has 5 nitrogen and oxygen atoms in total. The minimum absolute atomic E-state index is 0.553. The summed E-state index contributed by atoms with van der Waals surface area (Å²) >= 11 is 0. The number of benzene rings is 2. The first-order valence-electron chi connectivity index (χ1n) is 8.67. The van der Waals surface area contributed by atoms with Gasteiger partial charge < -0.3 is 14.0 Å². The van der Waals surface area contributed by atoms with E-state index < -0.39 is 19.0 Å². The molecule has 0 aliphatic rings. The molecule has 0 saturated heterocycles. The number of aromatic nitrogens is 1. The second kappa shape index (κ2) is 9.16. The van der Waals surface area contributed by atoms with Crippen LogP contribution in [0.3, 0.4) is 0 Å². The molecule has 0 aliphatic carbocycles. The Morgan fingerprint density at radius 3 is 1.96 bits per heavy atom. The Bertz CT molecular complexity index is 932. The lowest BCUT2D eigenvalue weighted by Gasteiger charge is -2.28. The molecule has 0 amide bonds. The van der Waals surface area contributed by atoms with Crippen LogP contribution < -0.4 is 10.6 Å². The van der Waals surface area contributed by atoms with Gasteiger partial charge in [0.15, 0.2) is 13.0 Å². The summed E-state index contributed by atoms with van der Waals surface area (Å²) < 4.78 is 25.1. The van der Waals surface area contributed by atoms with Gasteiger partial charge in [-0.15, -0.1) is 0 Å². The molecule has 0 fully saturated rings. The van der Waals surface area contributed by atoms with E-state index in [2.05, 4.69) is 9.72 Å². The third-order valence-electron chi connectivity index (χ3n) is 4.21. The van der Waals surface area contributed by atoms with Crippen LogP contribution in [-0.4, -0.2) is 18.1 Å². The van der Waals surface area contributed by atoms with Crippen molar-refractivity contribution in [3.05, 3.63) is 103 Å². The maximum Gasteiger partial charge on any atom is 0.333 e. The van der Waals surface area contributed by atoms with Gasteiger partial charge in [-0.25, -0.2) is 4.79 Å². The number of hydrogen-bond donors (Lipinski definition) is 0. The van der Waals surface area contributed by atoms with Gasteiger partial charge >= 0.3 is 5.97 Å². The fraction of sp³-hybridized carbons (Fsp3) is 0.0909. The Morgan fingerprint density at radius 1 is 0.929 bits per heavy atom. The number of nitrogens with zero attached hydrogens (tertiary/aromatic N) is 1. The van der Waals surface area contributed by atoms with Crippen LogP contribution in [0.15, 0.2) is 97.5 Å². The van der Waals surface area contributed by atoms with E-state index in [1.165, 1.54) is 13.4 Å². The van der Waals surface area contributed by atoms with Crippen LogP contribution in [0.2, 0.25) is 0 Å². The van der Waals surface area contributed by atoms with Crippen molar-refractivity contribution in [2.45, 2.75) is 5.85 Å². The SMILES string of the molecule is COC(=O)/C=C/OC(c1ccncc1)P(=O)(c1ccccc1)c1ccccc1. The Morgan fingerprint density at radius 2 is 1.46 bits per heavy atom. The maximum atomic E-state index is 14.6. The third-order valence-corrected chi connectivity index (χ3v) is 7.42. The fourth-order valence-electron chi connectivity index (χ4n) is 2.86. The number of carbonyl (C=O) groups excluding carboxylic acids is 1. The number of esters is 1. The zero-order valence-corrected chi connectivity index (χ0v) is 16.2. The molecule has 6 heteroatoms. The van der Waals surface area contributed by atoms with Gasteiger partial charge in [0.1, 0.15) is 0 Å². The maximum absolute atomic E-state index is 14.6. The van der Waals surface area contributed by atoms with Crippen LogP contribution in [-0.2, 0) is 18.8 Å². The minimum Gasteiger partial charge on any atom is -0.485 e. The van der Waals surface area contributed by atoms with Gasteiger partial charge in [0.2, 0.25) is 0 Å². The van der Waals surface area contributed by atoms with Crippen molar-refractivity contribution in [2.24, 2.45) is 0 Å². The molecule has 28 heavy (non-hydrogen) atoms. The highest BCUT2D eigenvalue weighted by Crippen LogP contribution is 2.57. The van der Waals surface area contributed by atoms with E-state index in [1.807, 2.05) is 60.7 Å². The van der Waals surface area contributed by atoms with Crippen molar-refractivity contribution < 1.29 is 18.8 Å². The summed E-state index contributed by atoms with van der Waals surface area (Å²) in [5.74, 6) is -1.39. The summed E-state index contributed by atoms with van der Waals surface area (Å²) in [7, 11) is -1.99. The molecule has 3 rings (SSSR count). The number of rotatable bonds is 7. The van der Waals surface area contributed by atoms with Crippen molar-refractivity contribution in [1.82, 2.24) is 4.98 Å². The number of methoxy groups -OCH3 is 1. The minimum atomic E-state index is -3.28. The summed E-state index contributed by atoms with van der Waals surface area (Å²) in [5.41, 5.74) is 0.695. The van der Waals surface area contributed by atoms with Crippen LogP contribution in [0.5, 0.6) is 0 Å². The van der Waals surface area contributed by atoms with Crippen LogP contribution in [0, 0.1) is 0 Å². The van der Waals surface area contributed by atoms with Gasteiger partial charge in [0.25, 0.3) is 0 Å². The van der Waals surface area contributed by atoms with Crippen molar-refractivity contribution in [3.63, 3.8) is 0 Å². The Kier molecular flexibility index (Phi) is 6.41. The molecule has 0 N–H and O–H groups in total. The van der Waals surface area contributed by atoms with Gasteiger partial charge in [-0.1, -0.05) is 60.7 Å². The number of pyridine rings is 1. The number of carbonyl (C=O) groups is 1. The average Bonchev–Trinajstić information content (AvgIpc) is 2.78. The van der Waals surface area contributed by atoms with Gasteiger partial charge in [-0.05, 0) is 12.1 Å². The molecule has 1 unspecified atom stereocenters. The van der Waals surface area contributed by atoms with Crippen molar-refractivity contribution in [1.29, 1.82) is 0 Å². The molecule has 0 aliphatic heterocycles. The van der Waals surface area contributed by atoms with Crippen molar-refractivity contribution in [2.75, 3.05) is 7.11 Å². The lowest BCUT2D eigenvalue weighted by Crippen LogP contribution is -2.22. The van der Waals surface area contributed by atoms with E-state index in [4.69, 9.17) is 4.74 Å². The van der Waals surface area contributed by atoms with E-state index in [9.17, 15) is 9.36 Å². The predicted molar refractivity (Wildman–Crippen MR) is 109 cm³/mol. The predicted octanol–water partition coefficient (Wildman–Crippen LogP) is 3.80. The van der Waals surface area contributed by atoms with Crippen LogP contribution in [0.1, 0.15) is 11.4 Å². The first kappa shape index (κ1) is 19.6. The molecule has 142 valence electrons. The average molecular weight is 393 g/mol. The normalized spacial score (nSPS) is 12.5. The lowest BCUT2D eigenvalue weighted by molar-refractivity contribution is -0.135. The van der Waals surface area contributed by atoms with E-state index in [0.717, 1.165) is 6.08 Å². The van der Waals surface area contributed by atoms with Crippen molar-refractivity contribution in [3.8, 4) is 0 Å². The summed E-state index contributed by atoms with van der Waals surface area (Å²) in [6, 6.07) is 22.0. The van der Waals surface area contributed by atoms with E-state index in [0.29, 0.717) is 16.2 Å². The Labute approximate surface area is 164 Å². The van der Waals surface area contributed by atoms with Crippen LogP contribution in [0.25, 0.3) is 0 Å². The van der Waals surface area contributed by atoms with E-state index >= 15 is 0 Å². The molecule has 0 bridgehead atoms. The number of ether oxygens (including phenoxy) is 2. The molecule has 1 atom stereocenters. The Hall–Kier alpha value is -3.17. The molecule has 1 aromatic heterocycles. The molecular weight excluding hydrogens is 373 g/mol. The van der Waals surface area contributed by atoms with Gasteiger partial charge in [-0.2, -0.15) is 0 Å². The monoisotopic (exact) mass is 393 g/mol. The third kappa shape index (κ3) is 4.21. The quantitative estimate of drug-likeness (QED) is 0.264. The summed E-state index contributed by atoms with van der Waals surface area (Å²) in [5, 5.41) is 1.32. The highest BCUT2D eigenvalue weighted by Gasteiger charge is 2.39. The second-order valence-corrected chi connectivity index (χ2v) is 8.74. The van der Waals surface area contributed by atoms with Crippen molar-refractivity contribution >= 4 is 23.7 Å². The molecule has 0 saturated carbocycles. The number of hydrogen-bond acceptors (Lipinski definition) is 5. The van der Waals surface area contributed by atoms with E-state index in [-0.39, 0.29) is 0 Å². The lowest BCUT2D eigenvalue weighted by atomic mass is 10.3. The zero-order chi connectivity index (χ0) is 19.8. The van der Waals surface area contributed by atoms with E-state index in [1.54, 1.807) is 24.5 Å². The summed E-state index contributed by atoms with van der Waals surface area (Å²) in [4.78, 5) is 15.5. The van der Waals surface area contributed by atoms with Crippen LogP contribution >= 0.6 is 7.14 Å². The van der Waals surface area contributed by atoms with Gasteiger partial charge in [-0.3, -0.25) is 4.98 Å². The van der Waals surface area contributed by atoms with Gasteiger partial charge in [0, 0.05) is 28.6 Å². The Balaban J connectivity index is 2.16. The molecule has 0 radical (unpaired) electrons. The molecule has 0 spiro atoms. The smallest absolute Gasteiger partial charge is 0.333 e. The highest BCUT2D eigenvalue weighted by atomic mass is 31.2. The molecule has 1 heterocycles. The fourth-order valence-corrected chi connectivity index (χ4v) is 5.76. The topological polar surface area (TPSA) is 65.5 Å².